The molecule has 8 fully saturated rings. The maximum atomic E-state index is 12.2. The summed E-state index contributed by atoms with van der Waals surface area (Å²) >= 11 is 0. The summed E-state index contributed by atoms with van der Waals surface area (Å²) in [5, 5.41) is 12.2. The molecule has 0 amide bonds. The van der Waals surface area contributed by atoms with Crippen LogP contribution < -0.4 is 0 Å². The average Bonchev–Trinajstić information content (AvgIpc) is 2.66. The van der Waals surface area contributed by atoms with Crippen molar-refractivity contribution in [3.8, 4) is 5.75 Å². The van der Waals surface area contributed by atoms with Gasteiger partial charge in [-0.15, -0.1) is 0 Å². The van der Waals surface area contributed by atoms with Crippen LogP contribution in [0, 0.1) is 42.4 Å². The van der Waals surface area contributed by atoms with E-state index >= 15 is 0 Å². The summed E-state index contributed by atoms with van der Waals surface area (Å²) in [6, 6.07) is 2.42. The van der Waals surface area contributed by atoms with Gasteiger partial charge in [-0.1, -0.05) is 26.8 Å². The van der Waals surface area contributed by atoms with E-state index in [1.807, 2.05) is 0 Å². The third-order valence-corrected chi connectivity index (χ3v) is 11.4. The standard InChI is InChI=1S/C31H44O/c1-18-5-25(29(2,3)4)28(32)27(31-15-22-9-23(16-31)11-24(10-22)17-31)26(18)30-12-19-6-20(13-30)8-21(7-19)14-30/h5,19-24,32H,6-17H2,1-4H3. The maximum absolute atomic E-state index is 12.2. The Hall–Kier alpha value is -0.980. The lowest BCUT2D eigenvalue weighted by Gasteiger charge is -2.61. The van der Waals surface area contributed by atoms with Crippen LogP contribution in [0.5, 0.6) is 5.75 Å². The van der Waals surface area contributed by atoms with Gasteiger partial charge >= 0.3 is 0 Å². The fourth-order valence-corrected chi connectivity index (χ4v) is 11.4. The van der Waals surface area contributed by atoms with E-state index in [-0.39, 0.29) is 10.8 Å². The molecule has 1 aromatic rings. The van der Waals surface area contributed by atoms with E-state index in [0.717, 1.165) is 41.3 Å². The van der Waals surface area contributed by atoms with Gasteiger partial charge in [-0.25, -0.2) is 0 Å². The quantitative estimate of drug-likeness (QED) is 0.503. The van der Waals surface area contributed by atoms with Gasteiger partial charge in [0.15, 0.2) is 0 Å². The summed E-state index contributed by atoms with van der Waals surface area (Å²) in [5.41, 5.74) is 6.56. The van der Waals surface area contributed by atoms with E-state index in [9.17, 15) is 5.11 Å². The fourth-order valence-electron chi connectivity index (χ4n) is 11.4. The van der Waals surface area contributed by atoms with Gasteiger partial charge in [0.05, 0.1) is 0 Å². The number of rotatable bonds is 2. The smallest absolute Gasteiger partial charge is 0.123 e. The number of hydrogen-bond acceptors (Lipinski definition) is 1. The third kappa shape index (κ3) is 2.75. The van der Waals surface area contributed by atoms with Crippen LogP contribution in [-0.4, -0.2) is 5.11 Å². The molecule has 1 nitrogen and oxygen atoms in total. The Kier molecular flexibility index (Phi) is 4.06. The summed E-state index contributed by atoms with van der Waals surface area (Å²) in [6.07, 6.45) is 17.2. The van der Waals surface area contributed by atoms with E-state index in [4.69, 9.17) is 0 Å². The molecule has 0 aromatic heterocycles. The van der Waals surface area contributed by atoms with Crippen molar-refractivity contribution in [2.24, 2.45) is 35.5 Å². The lowest BCUT2D eigenvalue weighted by atomic mass is 9.43. The monoisotopic (exact) mass is 432 g/mol. The van der Waals surface area contributed by atoms with Crippen LogP contribution in [0.25, 0.3) is 0 Å². The van der Waals surface area contributed by atoms with Crippen molar-refractivity contribution in [2.75, 3.05) is 0 Å². The average molecular weight is 433 g/mol. The van der Waals surface area contributed by atoms with Gasteiger partial charge in [-0.05, 0) is 147 Å². The Labute approximate surface area is 195 Å². The van der Waals surface area contributed by atoms with Crippen LogP contribution in [-0.2, 0) is 16.2 Å². The van der Waals surface area contributed by atoms with Crippen molar-refractivity contribution < 1.29 is 5.11 Å². The van der Waals surface area contributed by atoms with E-state index in [0.29, 0.717) is 5.41 Å². The highest BCUT2D eigenvalue weighted by atomic mass is 16.3. The second-order valence-electron chi connectivity index (χ2n) is 15.0. The predicted octanol–water partition coefficient (Wildman–Crippen LogP) is 7.93. The topological polar surface area (TPSA) is 20.2 Å². The molecule has 1 N–H and O–H groups in total. The maximum Gasteiger partial charge on any atom is 0.123 e. The Morgan fingerprint density at radius 3 is 1.34 bits per heavy atom. The zero-order valence-corrected chi connectivity index (χ0v) is 21.0. The molecule has 0 unspecified atom stereocenters. The van der Waals surface area contributed by atoms with Crippen LogP contribution in [0.4, 0.5) is 0 Å². The van der Waals surface area contributed by atoms with Gasteiger partial charge < -0.3 is 5.11 Å². The molecule has 0 saturated heterocycles. The molecular formula is C31H44O. The third-order valence-electron chi connectivity index (χ3n) is 11.4. The number of phenols is 1. The van der Waals surface area contributed by atoms with Crippen LogP contribution in [0.2, 0.25) is 0 Å². The Morgan fingerprint density at radius 2 is 1.00 bits per heavy atom. The predicted molar refractivity (Wildman–Crippen MR) is 131 cm³/mol. The van der Waals surface area contributed by atoms with E-state index in [2.05, 4.69) is 33.8 Å². The number of phenolic OH excluding ortho intramolecular Hbond substituents is 1. The Bertz CT molecular complexity index is 889. The number of hydrogen-bond donors (Lipinski definition) is 1. The molecule has 8 aliphatic rings. The summed E-state index contributed by atoms with van der Waals surface area (Å²) < 4.78 is 0. The molecule has 1 heteroatoms. The van der Waals surface area contributed by atoms with E-state index < -0.39 is 0 Å². The van der Waals surface area contributed by atoms with Crippen molar-refractivity contribution in [2.45, 2.75) is 121 Å². The summed E-state index contributed by atoms with van der Waals surface area (Å²) in [4.78, 5) is 0. The lowest BCUT2D eigenvalue weighted by Crippen LogP contribution is -2.52. The first-order chi connectivity index (χ1) is 15.1. The van der Waals surface area contributed by atoms with Crippen LogP contribution >= 0.6 is 0 Å². The van der Waals surface area contributed by atoms with Crippen LogP contribution in [0.3, 0.4) is 0 Å². The molecule has 1 aromatic carbocycles. The van der Waals surface area contributed by atoms with Gasteiger partial charge in [0, 0.05) is 11.0 Å². The Morgan fingerprint density at radius 1 is 0.656 bits per heavy atom. The van der Waals surface area contributed by atoms with Crippen molar-refractivity contribution in [3.05, 3.63) is 28.3 Å². The second kappa shape index (κ2) is 6.37. The highest BCUT2D eigenvalue weighted by Gasteiger charge is 2.58. The molecule has 8 aliphatic carbocycles. The van der Waals surface area contributed by atoms with Gasteiger partial charge in [-0.3, -0.25) is 0 Å². The van der Waals surface area contributed by atoms with Crippen molar-refractivity contribution in [1.29, 1.82) is 0 Å². The van der Waals surface area contributed by atoms with E-state index in [1.165, 1.54) is 93.7 Å². The van der Waals surface area contributed by atoms with Gasteiger partial charge in [0.25, 0.3) is 0 Å². The first kappa shape index (κ1) is 20.4. The molecule has 0 aliphatic heterocycles. The zero-order valence-electron chi connectivity index (χ0n) is 21.0. The van der Waals surface area contributed by atoms with Gasteiger partial charge in [0.1, 0.15) is 5.75 Å². The highest BCUT2D eigenvalue weighted by Crippen LogP contribution is 2.67. The minimum absolute atomic E-state index is 0.00805. The molecule has 9 rings (SSSR count). The summed E-state index contributed by atoms with van der Waals surface area (Å²) in [6.45, 7) is 9.33. The fraction of sp³-hybridized carbons (Fsp3) is 0.806. The highest BCUT2D eigenvalue weighted by molar-refractivity contribution is 5.59. The largest absolute Gasteiger partial charge is 0.507 e. The lowest BCUT2D eigenvalue weighted by molar-refractivity contribution is -0.0185. The van der Waals surface area contributed by atoms with Gasteiger partial charge in [-0.2, -0.15) is 0 Å². The van der Waals surface area contributed by atoms with Crippen LogP contribution in [0.1, 0.15) is 120 Å². The number of aryl methyl sites for hydroxylation is 1. The van der Waals surface area contributed by atoms with Crippen molar-refractivity contribution in [1.82, 2.24) is 0 Å². The second-order valence-corrected chi connectivity index (χ2v) is 15.0. The molecular weight excluding hydrogens is 388 g/mol. The van der Waals surface area contributed by atoms with Crippen molar-refractivity contribution in [3.63, 3.8) is 0 Å². The summed E-state index contributed by atoms with van der Waals surface area (Å²) in [7, 11) is 0. The minimum atomic E-state index is -0.00805. The van der Waals surface area contributed by atoms with Crippen molar-refractivity contribution >= 4 is 0 Å². The van der Waals surface area contributed by atoms with Crippen LogP contribution in [0.15, 0.2) is 6.07 Å². The molecule has 32 heavy (non-hydrogen) atoms. The molecule has 0 atom stereocenters. The number of aromatic hydroxyl groups is 1. The Balaban J connectivity index is 1.47. The number of benzene rings is 1. The molecule has 0 radical (unpaired) electrons. The molecule has 174 valence electrons. The molecule has 8 saturated carbocycles. The SMILES string of the molecule is Cc1cc(C(C)(C)C)c(O)c(C23CC4CC(CC(C4)C2)C3)c1C12CC3CC(CC(C3)C1)C2. The summed E-state index contributed by atoms with van der Waals surface area (Å²) in [5.74, 6) is 6.35. The molecule has 8 bridgehead atoms. The first-order valence-electron chi connectivity index (χ1n) is 14.0. The first-order valence-corrected chi connectivity index (χ1v) is 14.0. The zero-order chi connectivity index (χ0) is 22.0. The molecule has 0 spiro atoms. The normalized spacial score (nSPS) is 46.2. The molecule has 0 heterocycles. The van der Waals surface area contributed by atoms with E-state index in [1.54, 1.807) is 5.56 Å². The minimum Gasteiger partial charge on any atom is -0.507 e. The van der Waals surface area contributed by atoms with Gasteiger partial charge in [0.2, 0.25) is 0 Å².